The Morgan fingerprint density at radius 1 is 0.574 bits per heavy atom. The van der Waals surface area contributed by atoms with E-state index >= 15 is 0 Å². The number of sulfone groups is 1. The lowest BCUT2D eigenvalue weighted by molar-refractivity contribution is 0.306. The smallest absolute Gasteiger partial charge is 0.398 e. The number of fused-ring (bicyclic) bond motifs is 1. The van der Waals surface area contributed by atoms with E-state index in [-0.39, 0.29) is 39.3 Å². The van der Waals surface area contributed by atoms with E-state index < -0.39 is 110 Å². The number of methoxy groups -OCH3 is 1. The zero-order valence-corrected chi connectivity index (χ0v) is 34.2. The van der Waals surface area contributed by atoms with Crippen molar-refractivity contribution in [3.8, 4) is 11.5 Å². The molecular formula is C30H27N9O17S5. The zero-order valence-electron chi connectivity index (χ0n) is 30.1. The summed E-state index contributed by atoms with van der Waals surface area (Å²) >= 11 is 0. The standard InChI is InChI=1S/C30H27N9O17S5/c1-55-23-11-16(57(41,42)13-56-61(52,53)54)4-7-19(23)35-39-30-27(32)21(12-25(28(30)33)60(49,50)51)37-34-15-3-6-20(24(9-15)59(46,47)48)36-38-29-18(31)5-2-14-8-17(58(43,44)45)10-22(40)26(14)29/h2-12,40H,13,31-33H2,1H3,(H,43,44,45)(H,46,47,48)(H,49,50,51)(H,52,53,54). The summed E-state index contributed by atoms with van der Waals surface area (Å²) in [6.07, 6.45) is 0. The molecule has 0 amide bonds. The minimum absolute atomic E-state index is 0.0288. The molecule has 324 valence electrons. The summed E-state index contributed by atoms with van der Waals surface area (Å²) in [6, 6.07) is 10.6. The van der Waals surface area contributed by atoms with Gasteiger partial charge in [-0.25, -0.2) is 12.6 Å². The van der Waals surface area contributed by atoms with Crippen molar-refractivity contribution < 1.29 is 74.3 Å². The van der Waals surface area contributed by atoms with Gasteiger partial charge in [0, 0.05) is 12.1 Å². The number of phenolic OH excluding ortho intramolecular Hbond substituents is 1. The van der Waals surface area contributed by atoms with Crippen LogP contribution in [0.3, 0.4) is 0 Å². The van der Waals surface area contributed by atoms with Gasteiger partial charge in [-0.05, 0) is 53.9 Å². The van der Waals surface area contributed by atoms with Crippen molar-refractivity contribution in [2.24, 2.45) is 30.7 Å². The highest BCUT2D eigenvalue weighted by Gasteiger charge is 2.25. The maximum atomic E-state index is 12.5. The molecule has 0 aliphatic heterocycles. The highest BCUT2D eigenvalue weighted by atomic mass is 32.3. The number of hydrogen-bond donors (Lipinski definition) is 8. The van der Waals surface area contributed by atoms with Crippen molar-refractivity contribution in [1.29, 1.82) is 0 Å². The van der Waals surface area contributed by atoms with Gasteiger partial charge >= 0.3 is 10.4 Å². The molecule has 0 saturated carbocycles. The number of benzene rings is 5. The predicted molar refractivity (Wildman–Crippen MR) is 211 cm³/mol. The molecule has 31 heteroatoms. The Balaban J connectivity index is 1.54. The Hall–Kier alpha value is -6.29. The number of nitrogen functional groups attached to an aromatic ring is 3. The van der Waals surface area contributed by atoms with Gasteiger partial charge in [0.1, 0.15) is 49.7 Å². The summed E-state index contributed by atoms with van der Waals surface area (Å²) in [5.41, 5.74) is 14.1. The predicted octanol–water partition coefficient (Wildman–Crippen LogP) is 4.84. The molecule has 0 heterocycles. The van der Waals surface area contributed by atoms with Crippen LogP contribution >= 0.6 is 0 Å². The lowest BCUT2D eigenvalue weighted by Gasteiger charge is -2.11. The topological polar surface area (TPSA) is 443 Å². The van der Waals surface area contributed by atoms with Crippen molar-refractivity contribution in [1.82, 2.24) is 0 Å². The Labute approximate surface area is 344 Å². The van der Waals surface area contributed by atoms with Crippen molar-refractivity contribution in [3.63, 3.8) is 0 Å². The molecule has 0 aromatic heterocycles. The molecule has 0 spiro atoms. The fourth-order valence-electron chi connectivity index (χ4n) is 5.04. The normalized spacial score (nSPS) is 13.2. The van der Waals surface area contributed by atoms with E-state index in [1.165, 1.54) is 12.1 Å². The zero-order chi connectivity index (χ0) is 45.5. The second kappa shape index (κ2) is 16.6. The molecule has 26 nitrogen and oxygen atoms in total. The van der Waals surface area contributed by atoms with E-state index in [1.54, 1.807) is 0 Å². The van der Waals surface area contributed by atoms with Crippen LogP contribution in [0.4, 0.5) is 51.2 Å². The fraction of sp³-hybridized carbons (Fsp3) is 0.0667. The molecule has 11 N–H and O–H groups in total. The summed E-state index contributed by atoms with van der Waals surface area (Å²) in [5, 5.41) is 33.5. The molecule has 0 fully saturated rings. The van der Waals surface area contributed by atoms with Gasteiger partial charge in [-0.2, -0.15) is 38.8 Å². The van der Waals surface area contributed by atoms with E-state index in [9.17, 15) is 60.9 Å². The first-order valence-electron chi connectivity index (χ1n) is 15.7. The van der Waals surface area contributed by atoms with Crippen LogP contribution in [0.5, 0.6) is 11.5 Å². The van der Waals surface area contributed by atoms with Gasteiger partial charge in [0.25, 0.3) is 30.4 Å². The van der Waals surface area contributed by atoms with Crippen LogP contribution in [-0.2, 0) is 54.8 Å². The molecule has 5 aromatic rings. The van der Waals surface area contributed by atoms with E-state index in [0.29, 0.717) is 12.1 Å². The molecule has 0 atom stereocenters. The first-order valence-corrected chi connectivity index (χ1v) is 23.1. The molecule has 0 aliphatic rings. The number of anilines is 3. The quantitative estimate of drug-likeness (QED) is 0.0419. The van der Waals surface area contributed by atoms with Crippen LogP contribution in [0.15, 0.2) is 117 Å². The highest BCUT2D eigenvalue weighted by Crippen LogP contribution is 2.45. The number of ether oxygens (including phenoxy) is 1. The SMILES string of the molecule is COc1cc(S(=O)(=O)COS(=O)(=O)O)ccc1N=Nc1c(N)c(N=Nc2ccc(N=Nc3c(N)ccc4cc(S(=O)(=O)O)cc(O)c34)c(S(=O)(=O)O)c2)cc(S(=O)(=O)O)c1N. The number of aromatic hydroxyl groups is 1. The van der Waals surface area contributed by atoms with E-state index in [4.69, 9.17) is 26.5 Å². The van der Waals surface area contributed by atoms with Gasteiger partial charge < -0.3 is 27.0 Å². The van der Waals surface area contributed by atoms with Crippen molar-refractivity contribution in [3.05, 3.63) is 66.7 Å². The fourth-order valence-corrected chi connectivity index (χ4v) is 8.54. The maximum absolute atomic E-state index is 12.5. The Morgan fingerprint density at radius 2 is 1.18 bits per heavy atom. The van der Waals surface area contributed by atoms with Crippen LogP contribution in [-0.4, -0.2) is 78.5 Å². The van der Waals surface area contributed by atoms with Gasteiger partial charge in [-0.1, -0.05) is 6.07 Å². The molecule has 5 rings (SSSR count). The summed E-state index contributed by atoms with van der Waals surface area (Å²) in [7, 11) is -23.5. The number of phenols is 1. The summed E-state index contributed by atoms with van der Waals surface area (Å²) in [6.45, 7) is 0. The molecule has 0 radical (unpaired) electrons. The van der Waals surface area contributed by atoms with Crippen LogP contribution in [0.1, 0.15) is 0 Å². The third-order valence-electron chi connectivity index (χ3n) is 7.84. The molecule has 61 heavy (non-hydrogen) atoms. The lowest BCUT2D eigenvalue weighted by Crippen LogP contribution is -2.14. The van der Waals surface area contributed by atoms with E-state index in [0.717, 1.165) is 49.6 Å². The van der Waals surface area contributed by atoms with Crippen molar-refractivity contribution in [2.45, 2.75) is 19.6 Å². The number of nitrogens with two attached hydrogens (primary N) is 3. The highest BCUT2D eigenvalue weighted by molar-refractivity contribution is 7.92. The minimum atomic E-state index is -5.15. The summed E-state index contributed by atoms with van der Waals surface area (Å²) in [4.78, 5) is -3.12. The monoisotopic (exact) mass is 945 g/mol. The first kappa shape index (κ1) is 45.8. The van der Waals surface area contributed by atoms with E-state index in [2.05, 4.69) is 34.9 Å². The maximum Gasteiger partial charge on any atom is 0.398 e. The number of rotatable bonds is 14. The van der Waals surface area contributed by atoms with Crippen LogP contribution in [0.2, 0.25) is 0 Å². The third-order valence-corrected chi connectivity index (χ3v) is 12.4. The largest absolute Gasteiger partial charge is 0.507 e. The average molecular weight is 946 g/mol. The summed E-state index contributed by atoms with van der Waals surface area (Å²) in [5.74, 6) is -2.48. The molecule has 0 unspecified atom stereocenters. The lowest BCUT2D eigenvalue weighted by atomic mass is 10.1. The van der Waals surface area contributed by atoms with Crippen LogP contribution in [0.25, 0.3) is 10.8 Å². The molecular weight excluding hydrogens is 919 g/mol. The third kappa shape index (κ3) is 10.5. The van der Waals surface area contributed by atoms with Gasteiger partial charge in [0.2, 0.25) is 9.84 Å². The van der Waals surface area contributed by atoms with Gasteiger partial charge in [-0.15, -0.1) is 25.6 Å². The first-order chi connectivity index (χ1) is 28.1. The van der Waals surface area contributed by atoms with Crippen molar-refractivity contribution in [2.75, 3.05) is 30.2 Å². The molecule has 5 aromatic carbocycles. The summed E-state index contributed by atoms with van der Waals surface area (Å²) < 4.78 is 166. The number of azo groups is 3. The Morgan fingerprint density at radius 3 is 1.79 bits per heavy atom. The van der Waals surface area contributed by atoms with Crippen molar-refractivity contribution >= 4 is 113 Å². The van der Waals surface area contributed by atoms with E-state index in [1.807, 2.05) is 0 Å². The van der Waals surface area contributed by atoms with Gasteiger partial charge in [0.15, 0.2) is 5.94 Å². The average Bonchev–Trinajstić information content (AvgIpc) is 3.15. The van der Waals surface area contributed by atoms with Crippen LogP contribution < -0.4 is 21.9 Å². The number of nitrogens with zero attached hydrogens (tertiary/aromatic N) is 6. The Bertz CT molecular complexity index is 3310. The number of hydrogen-bond acceptors (Lipinski definition) is 22. The van der Waals surface area contributed by atoms with Gasteiger partial charge in [-0.3, -0.25) is 18.2 Å². The minimum Gasteiger partial charge on any atom is -0.507 e. The van der Waals surface area contributed by atoms with Crippen LogP contribution in [0, 0.1) is 0 Å². The molecule has 0 aliphatic carbocycles. The molecule has 0 saturated heterocycles. The second-order valence-corrected chi connectivity index (χ2v) is 19.1. The molecule has 0 bridgehead atoms. The Kier molecular flexibility index (Phi) is 12.5. The second-order valence-electron chi connectivity index (χ2n) is 11.9. The van der Waals surface area contributed by atoms with Gasteiger partial charge in [0.05, 0.1) is 45.0 Å².